The van der Waals surface area contributed by atoms with Crippen molar-refractivity contribution in [1.82, 2.24) is 4.90 Å². The molecule has 0 aromatic heterocycles. The molecule has 0 saturated heterocycles. The first-order valence-corrected chi connectivity index (χ1v) is 6.26. The molecule has 1 aromatic carbocycles. The second kappa shape index (κ2) is 5.44. The Morgan fingerprint density at radius 1 is 1.47 bits per heavy atom. The van der Waals surface area contributed by atoms with Gasteiger partial charge in [0.1, 0.15) is 0 Å². The van der Waals surface area contributed by atoms with Crippen LogP contribution in [0.15, 0.2) is 18.2 Å². The van der Waals surface area contributed by atoms with Crippen molar-refractivity contribution in [2.75, 3.05) is 18.8 Å². The Balaban J connectivity index is 2.00. The number of terminal acetylenes is 1. The van der Waals surface area contributed by atoms with E-state index in [9.17, 15) is 0 Å². The largest absolute Gasteiger partial charge is 0.398 e. The Labute approximate surface area is 108 Å². The number of hydrogen-bond donors (Lipinski definition) is 1. The molecule has 1 aliphatic rings. The lowest BCUT2D eigenvalue weighted by Crippen LogP contribution is -2.26. The Bertz CT molecular complexity index is 432. The highest BCUT2D eigenvalue weighted by Gasteiger charge is 2.23. The summed E-state index contributed by atoms with van der Waals surface area (Å²) in [7, 11) is 0. The first-order valence-electron chi connectivity index (χ1n) is 5.88. The van der Waals surface area contributed by atoms with Gasteiger partial charge in [-0.25, -0.2) is 0 Å². The zero-order valence-corrected chi connectivity index (χ0v) is 10.6. The van der Waals surface area contributed by atoms with Crippen molar-refractivity contribution in [2.45, 2.75) is 19.4 Å². The molecule has 2 rings (SSSR count). The summed E-state index contributed by atoms with van der Waals surface area (Å²) in [5, 5.41) is 0.611. The molecular formula is C14H17ClN2. The highest BCUT2D eigenvalue weighted by atomic mass is 35.5. The smallest absolute Gasteiger partial charge is 0.0635 e. The molecule has 0 spiro atoms. The van der Waals surface area contributed by atoms with Crippen molar-refractivity contribution in [3.63, 3.8) is 0 Å². The quantitative estimate of drug-likeness (QED) is 0.641. The number of nitrogens with two attached hydrogens (primary N) is 1. The van der Waals surface area contributed by atoms with Gasteiger partial charge in [0.2, 0.25) is 0 Å². The van der Waals surface area contributed by atoms with Crippen LogP contribution in [-0.2, 0) is 6.54 Å². The minimum absolute atomic E-state index is 0.611. The minimum atomic E-state index is 0.611. The van der Waals surface area contributed by atoms with Gasteiger partial charge < -0.3 is 5.73 Å². The lowest BCUT2D eigenvalue weighted by molar-refractivity contribution is 0.286. The number of nitrogen functional groups attached to an aromatic ring is 1. The number of hydrogen-bond acceptors (Lipinski definition) is 2. The van der Waals surface area contributed by atoms with Gasteiger partial charge in [0.05, 0.1) is 17.3 Å². The summed E-state index contributed by atoms with van der Waals surface area (Å²) in [4.78, 5) is 2.29. The average Bonchev–Trinajstić information content (AvgIpc) is 3.08. The maximum atomic E-state index is 5.90. The summed E-state index contributed by atoms with van der Waals surface area (Å²) in [5.41, 5.74) is 7.60. The van der Waals surface area contributed by atoms with Gasteiger partial charge >= 0.3 is 0 Å². The van der Waals surface area contributed by atoms with E-state index in [1.54, 1.807) is 0 Å². The van der Waals surface area contributed by atoms with Crippen LogP contribution < -0.4 is 5.73 Å². The van der Waals surface area contributed by atoms with Gasteiger partial charge in [0.15, 0.2) is 0 Å². The van der Waals surface area contributed by atoms with Gasteiger partial charge in [-0.3, -0.25) is 4.90 Å². The van der Waals surface area contributed by atoms with Crippen molar-refractivity contribution >= 4 is 17.3 Å². The Morgan fingerprint density at radius 2 is 2.24 bits per heavy atom. The first kappa shape index (κ1) is 12.3. The summed E-state index contributed by atoms with van der Waals surface area (Å²) in [6, 6.07) is 5.78. The van der Waals surface area contributed by atoms with Crippen LogP contribution in [0.5, 0.6) is 0 Å². The fourth-order valence-corrected chi connectivity index (χ4v) is 2.05. The summed E-state index contributed by atoms with van der Waals surface area (Å²) in [6.07, 6.45) is 8.07. The molecule has 0 unspecified atom stereocenters. The zero-order chi connectivity index (χ0) is 12.3. The Hall–Kier alpha value is -1.17. The van der Waals surface area contributed by atoms with Gasteiger partial charge in [0.25, 0.3) is 0 Å². The van der Waals surface area contributed by atoms with E-state index in [0.717, 1.165) is 19.0 Å². The van der Waals surface area contributed by atoms with Crippen LogP contribution in [0.25, 0.3) is 0 Å². The molecule has 0 amide bonds. The van der Waals surface area contributed by atoms with Crippen molar-refractivity contribution in [1.29, 1.82) is 0 Å². The predicted octanol–water partition coefficient (Wildman–Crippen LogP) is 2.77. The van der Waals surface area contributed by atoms with Crippen LogP contribution in [0.1, 0.15) is 18.4 Å². The minimum Gasteiger partial charge on any atom is -0.398 e. The molecule has 1 saturated carbocycles. The second-order valence-corrected chi connectivity index (χ2v) is 5.08. The van der Waals surface area contributed by atoms with E-state index in [1.807, 2.05) is 18.2 Å². The van der Waals surface area contributed by atoms with Crippen molar-refractivity contribution in [2.24, 2.45) is 5.92 Å². The van der Waals surface area contributed by atoms with E-state index in [4.69, 9.17) is 23.8 Å². The molecule has 3 heteroatoms. The third kappa shape index (κ3) is 3.66. The molecule has 1 fully saturated rings. The average molecular weight is 249 g/mol. The Kier molecular flexibility index (Phi) is 3.93. The van der Waals surface area contributed by atoms with Gasteiger partial charge in [-0.15, -0.1) is 6.42 Å². The molecule has 0 bridgehead atoms. The van der Waals surface area contributed by atoms with Gasteiger partial charge in [-0.05, 0) is 36.5 Å². The van der Waals surface area contributed by atoms with E-state index in [1.165, 1.54) is 18.4 Å². The Morgan fingerprint density at radius 3 is 2.82 bits per heavy atom. The van der Waals surface area contributed by atoms with Crippen LogP contribution in [0.2, 0.25) is 5.02 Å². The van der Waals surface area contributed by atoms with Gasteiger partial charge in [0, 0.05) is 13.1 Å². The molecule has 90 valence electrons. The number of anilines is 1. The molecule has 2 nitrogen and oxygen atoms in total. The summed E-state index contributed by atoms with van der Waals surface area (Å²) >= 11 is 5.90. The maximum absolute atomic E-state index is 5.90. The first-order chi connectivity index (χ1) is 8.19. The molecule has 17 heavy (non-hydrogen) atoms. The fraction of sp³-hybridized carbons (Fsp3) is 0.429. The number of halogens is 1. The van der Waals surface area contributed by atoms with E-state index in [2.05, 4.69) is 10.8 Å². The molecule has 0 radical (unpaired) electrons. The second-order valence-electron chi connectivity index (χ2n) is 4.67. The summed E-state index contributed by atoms with van der Waals surface area (Å²) < 4.78 is 0. The van der Waals surface area contributed by atoms with Gasteiger partial charge in [-0.2, -0.15) is 0 Å². The predicted molar refractivity (Wildman–Crippen MR) is 72.7 cm³/mol. The standard InChI is InChI=1S/C14H17ClN2/c1-2-7-17(9-11-3-4-11)10-12-5-6-13(15)14(16)8-12/h1,5-6,8,11H,3-4,7,9-10,16H2. The monoisotopic (exact) mass is 248 g/mol. The molecule has 2 N–H and O–H groups in total. The highest BCUT2D eigenvalue weighted by molar-refractivity contribution is 6.33. The summed E-state index contributed by atoms with van der Waals surface area (Å²) in [6.45, 7) is 2.63. The molecule has 0 heterocycles. The highest BCUT2D eigenvalue weighted by Crippen LogP contribution is 2.30. The van der Waals surface area contributed by atoms with E-state index in [0.29, 0.717) is 17.3 Å². The number of nitrogens with zero attached hydrogens (tertiary/aromatic N) is 1. The third-order valence-electron chi connectivity index (χ3n) is 2.99. The molecule has 1 aromatic rings. The molecule has 1 aliphatic carbocycles. The maximum Gasteiger partial charge on any atom is 0.0635 e. The van der Waals surface area contributed by atoms with Crippen LogP contribution in [0.4, 0.5) is 5.69 Å². The zero-order valence-electron chi connectivity index (χ0n) is 9.82. The SMILES string of the molecule is C#CCN(Cc1ccc(Cl)c(N)c1)CC1CC1. The lowest BCUT2D eigenvalue weighted by atomic mass is 10.2. The van der Waals surface area contributed by atoms with Crippen molar-refractivity contribution < 1.29 is 0 Å². The van der Waals surface area contributed by atoms with E-state index >= 15 is 0 Å². The fourth-order valence-electron chi connectivity index (χ4n) is 1.93. The van der Waals surface area contributed by atoms with Crippen LogP contribution >= 0.6 is 11.6 Å². The van der Waals surface area contributed by atoms with Crippen LogP contribution in [-0.4, -0.2) is 18.0 Å². The van der Waals surface area contributed by atoms with Crippen molar-refractivity contribution in [3.8, 4) is 12.3 Å². The van der Waals surface area contributed by atoms with Gasteiger partial charge in [-0.1, -0.05) is 23.6 Å². The van der Waals surface area contributed by atoms with Crippen LogP contribution in [0, 0.1) is 18.3 Å². The van der Waals surface area contributed by atoms with E-state index < -0.39 is 0 Å². The van der Waals surface area contributed by atoms with E-state index in [-0.39, 0.29) is 0 Å². The van der Waals surface area contributed by atoms with Crippen LogP contribution in [0.3, 0.4) is 0 Å². The third-order valence-corrected chi connectivity index (χ3v) is 3.34. The molecule has 0 aliphatic heterocycles. The summed E-state index contributed by atoms with van der Waals surface area (Å²) in [5.74, 6) is 3.56. The number of benzene rings is 1. The number of rotatable bonds is 5. The topological polar surface area (TPSA) is 29.3 Å². The normalized spacial score (nSPS) is 14.9. The molecule has 0 atom stereocenters. The lowest BCUT2D eigenvalue weighted by Gasteiger charge is -2.19. The van der Waals surface area contributed by atoms with Crippen molar-refractivity contribution in [3.05, 3.63) is 28.8 Å². The molecular weight excluding hydrogens is 232 g/mol.